The first-order valence-corrected chi connectivity index (χ1v) is 10.6. The second-order valence-electron chi connectivity index (χ2n) is 6.41. The van der Waals surface area contributed by atoms with Crippen molar-refractivity contribution in [2.45, 2.75) is 4.90 Å². The van der Waals surface area contributed by atoms with Crippen molar-refractivity contribution in [3.05, 3.63) is 107 Å². The van der Waals surface area contributed by atoms with E-state index in [0.29, 0.717) is 10.6 Å². The van der Waals surface area contributed by atoms with E-state index in [4.69, 9.17) is 11.6 Å². The van der Waals surface area contributed by atoms with Gasteiger partial charge in [0.15, 0.2) is 5.82 Å². The van der Waals surface area contributed by atoms with E-state index in [9.17, 15) is 17.6 Å². The molecule has 0 amide bonds. The molecule has 4 rings (SSSR count). The van der Waals surface area contributed by atoms with Gasteiger partial charge < -0.3 is 0 Å². The Morgan fingerprint density at radius 3 is 2.17 bits per heavy atom. The predicted molar refractivity (Wildman–Crippen MR) is 112 cm³/mol. The Kier molecular flexibility index (Phi) is 5.24. The Morgan fingerprint density at radius 1 is 0.900 bits per heavy atom. The van der Waals surface area contributed by atoms with Crippen molar-refractivity contribution >= 4 is 27.4 Å². The minimum absolute atomic E-state index is 0.0541. The van der Waals surface area contributed by atoms with Crippen LogP contribution in [0.25, 0.3) is 11.4 Å². The zero-order valence-corrected chi connectivity index (χ0v) is 16.9. The molecule has 1 heterocycles. The van der Waals surface area contributed by atoms with Crippen LogP contribution < -0.4 is 0 Å². The summed E-state index contributed by atoms with van der Waals surface area (Å²) in [5.74, 6) is -0.932. The summed E-state index contributed by atoms with van der Waals surface area (Å²) in [6.45, 7) is 0. The standard InChI is InChI=1S/C22H14ClFN2O3S/c23-17-10-6-16(7-11-17)22-25-20(21(27)15-8-12-18(24)13-9-15)14-26(22)30(28,29)19-4-2-1-3-5-19/h1-14H. The molecule has 5 nitrogen and oxygen atoms in total. The van der Waals surface area contributed by atoms with E-state index in [1.807, 2.05) is 0 Å². The zero-order valence-electron chi connectivity index (χ0n) is 15.4. The molecular weight excluding hydrogens is 427 g/mol. The van der Waals surface area contributed by atoms with E-state index >= 15 is 0 Å². The van der Waals surface area contributed by atoms with Gasteiger partial charge in [-0.05, 0) is 60.7 Å². The highest BCUT2D eigenvalue weighted by molar-refractivity contribution is 7.90. The lowest BCUT2D eigenvalue weighted by Crippen LogP contribution is -2.13. The molecule has 0 spiro atoms. The molecule has 0 bridgehead atoms. The lowest BCUT2D eigenvalue weighted by molar-refractivity contribution is 0.103. The number of hydrogen-bond donors (Lipinski definition) is 0. The summed E-state index contributed by atoms with van der Waals surface area (Å²) in [5.41, 5.74) is 0.587. The molecule has 0 radical (unpaired) electrons. The maximum atomic E-state index is 13.2. The van der Waals surface area contributed by atoms with E-state index < -0.39 is 21.6 Å². The number of halogens is 2. The molecule has 0 fully saturated rings. The minimum atomic E-state index is -4.02. The summed E-state index contributed by atoms with van der Waals surface area (Å²) < 4.78 is 40.7. The molecule has 1 aromatic heterocycles. The average Bonchev–Trinajstić information content (AvgIpc) is 3.21. The molecule has 8 heteroatoms. The quantitative estimate of drug-likeness (QED) is 0.417. The normalized spacial score (nSPS) is 11.4. The summed E-state index contributed by atoms with van der Waals surface area (Å²) in [4.78, 5) is 17.2. The first kappa shape index (κ1) is 20.0. The first-order valence-electron chi connectivity index (χ1n) is 8.82. The SMILES string of the molecule is O=C(c1ccc(F)cc1)c1cn(S(=O)(=O)c2ccccc2)c(-c2ccc(Cl)cc2)n1. The average molecular weight is 441 g/mol. The van der Waals surface area contributed by atoms with Crippen LogP contribution in [0.5, 0.6) is 0 Å². The van der Waals surface area contributed by atoms with Gasteiger partial charge in [-0.3, -0.25) is 4.79 Å². The molecule has 0 aliphatic heterocycles. The topological polar surface area (TPSA) is 69.0 Å². The van der Waals surface area contributed by atoms with Gasteiger partial charge in [0.25, 0.3) is 10.0 Å². The molecule has 30 heavy (non-hydrogen) atoms. The fraction of sp³-hybridized carbons (Fsp3) is 0. The van der Waals surface area contributed by atoms with Crippen LogP contribution in [0.2, 0.25) is 5.02 Å². The van der Waals surface area contributed by atoms with Crippen LogP contribution in [0, 0.1) is 5.82 Å². The number of hydrogen-bond acceptors (Lipinski definition) is 4. The van der Waals surface area contributed by atoms with Crippen LogP contribution in [0.15, 0.2) is 90.0 Å². The molecule has 4 aromatic rings. The van der Waals surface area contributed by atoms with Crippen molar-refractivity contribution in [2.24, 2.45) is 0 Å². The number of aromatic nitrogens is 2. The molecule has 3 aromatic carbocycles. The molecule has 0 aliphatic rings. The highest BCUT2D eigenvalue weighted by Gasteiger charge is 2.25. The van der Waals surface area contributed by atoms with E-state index in [0.717, 1.165) is 16.1 Å². The number of carbonyl (C=O) groups is 1. The Hall–Kier alpha value is -3.29. The van der Waals surface area contributed by atoms with Crippen LogP contribution in [0.4, 0.5) is 4.39 Å². The monoisotopic (exact) mass is 440 g/mol. The highest BCUT2D eigenvalue weighted by atomic mass is 35.5. The van der Waals surface area contributed by atoms with Gasteiger partial charge in [0, 0.05) is 16.1 Å². The second-order valence-corrected chi connectivity index (χ2v) is 8.66. The van der Waals surface area contributed by atoms with Gasteiger partial charge in [-0.1, -0.05) is 29.8 Å². The first-order chi connectivity index (χ1) is 14.4. The van der Waals surface area contributed by atoms with E-state index in [2.05, 4.69) is 4.98 Å². The largest absolute Gasteiger partial charge is 0.287 e. The third-order valence-electron chi connectivity index (χ3n) is 4.42. The third kappa shape index (κ3) is 3.77. The van der Waals surface area contributed by atoms with Gasteiger partial charge in [0.05, 0.1) is 11.1 Å². The second kappa shape index (κ2) is 7.85. The Bertz CT molecular complexity index is 1320. The Morgan fingerprint density at radius 2 is 1.53 bits per heavy atom. The smallest absolute Gasteiger partial charge is 0.269 e. The van der Waals surface area contributed by atoms with Crippen LogP contribution in [-0.2, 0) is 10.0 Å². The molecule has 0 aliphatic carbocycles. The van der Waals surface area contributed by atoms with Crippen molar-refractivity contribution in [2.75, 3.05) is 0 Å². The van der Waals surface area contributed by atoms with Gasteiger partial charge >= 0.3 is 0 Å². The maximum absolute atomic E-state index is 13.2. The maximum Gasteiger partial charge on any atom is 0.269 e. The van der Waals surface area contributed by atoms with Crippen LogP contribution >= 0.6 is 11.6 Å². The summed E-state index contributed by atoms with van der Waals surface area (Å²) in [5, 5.41) is 0.477. The van der Waals surface area contributed by atoms with Gasteiger partial charge in [0.2, 0.25) is 5.78 Å². The highest BCUT2D eigenvalue weighted by Crippen LogP contribution is 2.26. The van der Waals surface area contributed by atoms with Crippen LogP contribution in [0.3, 0.4) is 0 Å². The van der Waals surface area contributed by atoms with Crippen molar-refractivity contribution in [3.8, 4) is 11.4 Å². The van der Waals surface area contributed by atoms with Crippen LogP contribution in [-0.4, -0.2) is 23.2 Å². The van der Waals surface area contributed by atoms with Gasteiger partial charge in [-0.15, -0.1) is 0 Å². The zero-order chi connectivity index (χ0) is 21.3. The molecule has 150 valence electrons. The lowest BCUT2D eigenvalue weighted by atomic mass is 10.1. The number of nitrogens with zero attached hydrogens (tertiary/aromatic N) is 2. The van der Waals surface area contributed by atoms with Crippen LogP contribution in [0.1, 0.15) is 16.1 Å². The fourth-order valence-electron chi connectivity index (χ4n) is 2.90. The summed E-state index contributed by atoms with van der Waals surface area (Å²) in [6, 6.07) is 19.2. The number of rotatable bonds is 5. The molecule has 0 unspecified atom stereocenters. The van der Waals surface area contributed by atoms with Crippen molar-refractivity contribution in [3.63, 3.8) is 0 Å². The summed E-state index contributed by atoms with van der Waals surface area (Å²) in [6.07, 6.45) is 1.18. The summed E-state index contributed by atoms with van der Waals surface area (Å²) >= 11 is 5.94. The number of ketones is 1. The number of benzene rings is 3. The van der Waals surface area contributed by atoms with Crippen molar-refractivity contribution in [1.29, 1.82) is 0 Å². The number of carbonyl (C=O) groups excluding carboxylic acids is 1. The molecular formula is C22H14ClFN2O3S. The lowest BCUT2D eigenvalue weighted by Gasteiger charge is -2.09. The molecule has 0 saturated heterocycles. The van der Waals surface area contributed by atoms with E-state index in [1.165, 1.54) is 30.5 Å². The molecule has 0 atom stereocenters. The predicted octanol–water partition coefficient (Wildman–Crippen LogP) is 4.81. The third-order valence-corrected chi connectivity index (χ3v) is 6.33. The van der Waals surface area contributed by atoms with Gasteiger partial charge in [0.1, 0.15) is 11.5 Å². The van der Waals surface area contributed by atoms with Gasteiger partial charge in [-0.25, -0.2) is 21.8 Å². The number of imidazole rings is 1. The van der Waals surface area contributed by atoms with E-state index in [-0.39, 0.29) is 22.0 Å². The molecule has 0 N–H and O–H groups in total. The van der Waals surface area contributed by atoms with Gasteiger partial charge in [-0.2, -0.15) is 0 Å². The van der Waals surface area contributed by atoms with E-state index in [1.54, 1.807) is 42.5 Å². The fourth-order valence-corrected chi connectivity index (χ4v) is 4.37. The van der Waals surface area contributed by atoms with Crippen molar-refractivity contribution < 1.29 is 17.6 Å². The molecule has 0 saturated carbocycles. The Labute approximate surface area is 177 Å². The minimum Gasteiger partial charge on any atom is -0.287 e. The summed E-state index contributed by atoms with van der Waals surface area (Å²) in [7, 11) is -4.02. The van der Waals surface area contributed by atoms with Crippen molar-refractivity contribution in [1.82, 2.24) is 8.96 Å². The Balaban J connectivity index is 1.89.